The maximum atomic E-state index is 11.6. The summed E-state index contributed by atoms with van der Waals surface area (Å²) in [6.45, 7) is 4.62. The lowest BCUT2D eigenvalue weighted by molar-refractivity contribution is -0.132. The summed E-state index contributed by atoms with van der Waals surface area (Å²) in [4.78, 5) is 26.7. The predicted octanol–water partition coefficient (Wildman–Crippen LogP) is -0.650. The summed E-state index contributed by atoms with van der Waals surface area (Å²) in [7, 11) is 0. The molecule has 6 heteroatoms. The number of nitrogens with two attached hydrogens (primary N) is 1. The topological polar surface area (TPSA) is 78.7 Å². The highest BCUT2D eigenvalue weighted by Gasteiger charge is 2.40. The number of rotatable bonds is 3. The third-order valence-corrected chi connectivity index (χ3v) is 3.30. The van der Waals surface area contributed by atoms with Crippen molar-refractivity contribution in [2.24, 2.45) is 5.73 Å². The molecule has 3 amide bonds. The first-order chi connectivity index (χ1) is 8.11. The number of carbonyl (C=O) groups is 2. The Kier molecular flexibility index (Phi) is 3.51. The molecule has 0 aromatic carbocycles. The molecular weight excluding hydrogens is 220 g/mol. The maximum Gasteiger partial charge on any atom is 0.317 e. The number of hydrogen-bond donors (Lipinski definition) is 2. The second kappa shape index (κ2) is 4.91. The van der Waals surface area contributed by atoms with E-state index in [0.29, 0.717) is 32.6 Å². The number of hydrogen-bond acceptors (Lipinski definition) is 3. The van der Waals surface area contributed by atoms with Gasteiger partial charge in [-0.05, 0) is 6.42 Å². The van der Waals surface area contributed by atoms with Crippen molar-refractivity contribution in [2.45, 2.75) is 31.8 Å². The fourth-order valence-corrected chi connectivity index (χ4v) is 2.28. The fraction of sp³-hybridized carbons (Fsp3) is 0.818. The maximum absolute atomic E-state index is 11.6. The van der Waals surface area contributed by atoms with Crippen LogP contribution in [0.5, 0.6) is 0 Å². The first-order valence-electron chi connectivity index (χ1n) is 6.19. The second-order valence-corrected chi connectivity index (χ2v) is 4.80. The van der Waals surface area contributed by atoms with E-state index in [0.717, 1.165) is 6.42 Å². The van der Waals surface area contributed by atoms with Gasteiger partial charge in [-0.3, -0.25) is 4.79 Å². The van der Waals surface area contributed by atoms with Gasteiger partial charge in [0.15, 0.2) is 0 Å². The Balaban J connectivity index is 1.75. The van der Waals surface area contributed by atoms with Crippen molar-refractivity contribution in [3.63, 3.8) is 0 Å². The molecule has 1 unspecified atom stereocenters. The Morgan fingerprint density at radius 3 is 2.71 bits per heavy atom. The molecule has 0 radical (unpaired) electrons. The van der Waals surface area contributed by atoms with Crippen molar-refractivity contribution in [2.75, 3.05) is 26.2 Å². The van der Waals surface area contributed by atoms with Gasteiger partial charge in [0.1, 0.15) is 0 Å². The van der Waals surface area contributed by atoms with Crippen molar-refractivity contribution in [1.82, 2.24) is 15.1 Å². The minimum atomic E-state index is -0.0366. The second-order valence-electron chi connectivity index (χ2n) is 4.80. The quantitative estimate of drug-likeness (QED) is 0.688. The van der Waals surface area contributed by atoms with Crippen molar-refractivity contribution in [3.8, 4) is 0 Å². The van der Waals surface area contributed by atoms with Crippen LogP contribution in [0.3, 0.4) is 0 Å². The van der Waals surface area contributed by atoms with Gasteiger partial charge in [0.25, 0.3) is 0 Å². The van der Waals surface area contributed by atoms with Gasteiger partial charge in [-0.2, -0.15) is 0 Å². The molecule has 17 heavy (non-hydrogen) atoms. The van der Waals surface area contributed by atoms with E-state index in [9.17, 15) is 9.59 Å². The van der Waals surface area contributed by atoms with Gasteiger partial charge in [-0.1, -0.05) is 6.92 Å². The SMILES string of the molecule is CCCNC(=O)N1CC(N2CC(N)CC2=O)C1. The van der Waals surface area contributed by atoms with Crippen LogP contribution < -0.4 is 11.1 Å². The number of nitrogens with one attached hydrogen (secondary N) is 1. The van der Waals surface area contributed by atoms with Crippen LogP contribution >= 0.6 is 0 Å². The Labute approximate surface area is 101 Å². The van der Waals surface area contributed by atoms with Crippen LogP contribution in [0.2, 0.25) is 0 Å². The molecule has 0 aromatic heterocycles. The molecule has 2 saturated heterocycles. The minimum Gasteiger partial charge on any atom is -0.338 e. The number of nitrogens with zero attached hydrogens (tertiary/aromatic N) is 2. The summed E-state index contributed by atoms with van der Waals surface area (Å²) >= 11 is 0. The Morgan fingerprint density at radius 2 is 2.18 bits per heavy atom. The van der Waals surface area contributed by atoms with Crippen LogP contribution in [-0.2, 0) is 4.79 Å². The van der Waals surface area contributed by atoms with Crippen LogP contribution in [0.15, 0.2) is 0 Å². The summed E-state index contributed by atoms with van der Waals surface area (Å²) in [5, 5.41) is 2.82. The smallest absolute Gasteiger partial charge is 0.317 e. The predicted molar refractivity (Wildman–Crippen MR) is 63.4 cm³/mol. The molecule has 0 aliphatic carbocycles. The average molecular weight is 240 g/mol. The molecule has 6 nitrogen and oxygen atoms in total. The van der Waals surface area contributed by atoms with Crippen molar-refractivity contribution in [3.05, 3.63) is 0 Å². The van der Waals surface area contributed by atoms with Crippen molar-refractivity contribution >= 4 is 11.9 Å². The number of urea groups is 1. The number of carbonyl (C=O) groups excluding carboxylic acids is 2. The molecule has 0 aromatic rings. The molecule has 2 heterocycles. The van der Waals surface area contributed by atoms with Crippen LogP contribution in [0.4, 0.5) is 4.79 Å². The van der Waals surface area contributed by atoms with E-state index < -0.39 is 0 Å². The van der Waals surface area contributed by atoms with E-state index >= 15 is 0 Å². The van der Waals surface area contributed by atoms with E-state index in [4.69, 9.17) is 5.73 Å². The molecule has 2 aliphatic heterocycles. The van der Waals surface area contributed by atoms with Gasteiger partial charge in [0.05, 0.1) is 6.04 Å². The summed E-state index contributed by atoms with van der Waals surface area (Å²) in [5.41, 5.74) is 5.74. The van der Waals surface area contributed by atoms with E-state index in [-0.39, 0.29) is 24.0 Å². The van der Waals surface area contributed by atoms with E-state index in [1.165, 1.54) is 0 Å². The largest absolute Gasteiger partial charge is 0.338 e. The molecular formula is C11H20N4O2. The van der Waals surface area contributed by atoms with Crippen molar-refractivity contribution < 1.29 is 9.59 Å². The van der Waals surface area contributed by atoms with E-state index in [1.807, 2.05) is 11.8 Å². The van der Waals surface area contributed by atoms with E-state index in [1.54, 1.807) is 4.90 Å². The normalized spacial score (nSPS) is 25.1. The molecule has 96 valence electrons. The zero-order valence-electron chi connectivity index (χ0n) is 10.2. The number of likely N-dealkylation sites (tertiary alicyclic amines) is 2. The summed E-state index contributed by atoms with van der Waals surface area (Å²) in [6.07, 6.45) is 1.38. The standard InChI is InChI=1S/C11H20N4O2/c1-2-3-13-11(17)14-6-9(7-14)15-5-8(12)4-10(15)16/h8-9H,2-7,12H2,1H3,(H,13,17). The molecule has 0 bridgehead atoms. The Hall–Kier alpha value is -1.30. The molecule has 2 rings (SSSR count). The van der Waals surface area contributed by atoms with Crippen LogP contribution in [0, 0.1) is 0 Å². The molecule has 2 fully saturated rings. The first-order valence-corrected chi connectivity index (χ1v) is 6.19. The molecule has 3 N–H and O–H groups in total. The van der Waals surface area contributed by atoms with Gasteiger partial charge >= 0.3 is 6.03 Å². The van der Waals surface area contributed by atoms with Crippen LogP contribution in [0.25, 0.3) is 0 Å². The summed E-state index contributed by atoms with van der Waals surface area (Å²) < 4.78 is 0. The van der Waals surface area contributed by atoms with E-state index in [2.05, 4.69) is 5.32 Å². The highest BCUT2D eigenvalue weighted by atomic mass is 16.2. The van der Waals surface area contributed by atoms with Gasteiger partial charge in [0.2, 0.25) is 5.91 Å². The molecule has 0 saturated carbocycles. The lowest BCUT2D eigenvalue weighted by atomic mass is 10.1. The van der Waals surface area contributed by atoms with Gasteiger partial charge < -0.3 is 20.9 Å². The zero-order valence-corrected chi connectivity index (χ0v) is 10.2. The third-order valence-electron chi connectivity index (χ3n) is 3.30. The lowest BCUT2D eigenvalue weighted by Crippen LogP contribution is -2.63. The summed E-state index contributed by atoms with van der Waals surface area (Å²) in [5.74, 6) is 0.121. The summed E-state index contributed by atoms with van der Waals surface area (Å²) in [6, 6.07) is 0.105. The molecule has 0 spiro atoms. The fourth-order valence-electron chi connectivity index (χ4n) is 2.28. The Morgan fingerprint density at radius 1 is 1.47 bits per heavy atom. The number of amides is 3. The molecule has 1 atom stereocenters. The minimum absolute atomic E-state index is 0.0287. The first kappa shape index (κ1) is 12.2. The van der Waals surface area contributed by atoms with Gasteiger partial charge in [-0.25, -0.2) is 4.79 Å². The van der Waals surface area contributed by atoms with Crippen LogP contribution in [-0.4, -0.2) is 60.0 Å². The highest BCUT2D eigenvalue weighted by Crippen LogP contribution is 2.20. The lowest BCUT2D eigenvalue weighted by Gasteiger charge is -2.43. The zero-order chi connectivity index (χ0) is 12.4. The van der Waals surface area contributed by atoms with Gasteiger partial charge in [-0.15, -0.1) is 0 Å². The Bertz CT molecular complexity index is 315. The van der Waals surface area contributed by atoms with Crippen LogP contribution in [0.1, 0.15) is 19.8 Å². The van der Waals surface area contributed by atoms with Gasteiger partial charge in [0, 0.05) is 38.6 Å². The average Bonchev–Trinajstić information content (AvgIpc) is 2.53. The third kappa shape index (κ3) is 2.52. The van der Waals surface area contributed by atoms with Crippen molar-refractivity contribution in [1.29, 1.82) is 0 Å². The highest BCUT2D eigenvalue weighted by molar-refractivity contribution is 5.80. The molecule has 2 aliphatic rings. The monoisotopic (exact) mass is 240 g/mol.